The number of nitrogens with one attached hydrogen (secondary N) is 1. The Morgan fingerprint density at radius 2 is 2.16 bits per heavy atom. The van der Waals surface area contributed by atoms with E-state index in [9.17, 15) is 8.42 Å². The van der Waals surface area contributed by atoms with E-state index in [0.717, 1.165) is 11.1 Å². The fraction of sp³-hybridized carbons (Fsp3) is 0.250. The van der Waals surface area contributed by atoms with Gasteiger partial charge in [-0.15, -0.1) is 0 Å². The van der Waals surface area contributed by atoms with Crippen LogP contribution in [-0.2, 0) is 23.6 Å². The Morgan fingerprint density at radius 1 is 1.42 bits per heavy atom. The third kappa shape index (κ3) is 3.43. The Hall–Kier alpha value is -1.18. The van der Waals surface area contributed by atoms with Crippen molar-refractivity contribution in [3.63, 3.8) is 0 Å². The highest BCUT2D eigenvalue weighted by molar-refractivity contribution is 9.10. The molecule has 0 unspecified atom stereocenters. The van der Waals surface area contributed by atoms with Crippen molar-refractivity contribution in [2.75, 3.05) is 0 Å². The maximum absolute atomic E-state index is 12.2. The standard InChI is InChI=1S/C12H14BrN3O2S/c1-9-3-4-12(11(13)5-9)19(17,18)15-7-10-6-14-16(2)8-10/h3-6,8,15H,7H2,1-2H3. The van der Waals surface area contributed by atoms with E-state index in [1.54, 1.807) is 42.3 Å². The highest BCUT2D eigenvalue weighted by atomic mass is 79.9. The Morgan fingerprint density at radius 3 is 2.74 bits per heavy atom. The van der Waals surface area contributed by atoms with Crippen molar-refractivity contribution in [3.8, 4) is 0 Å². The molecule has 1 heterocycles. The first kappa shape index (κ1) is 14.2. The zero-order valence-corrected chi connectivity index (χ0v) is 13.0. The topological polar surface area (TPSA) is 64.0 Å². The Bertz CT molecular complexity index is 695. The second-order valence-electron chi connectivity index (χ2n) is 4.28. The van der Waals surface area contributed by atoms with Crippen molar-refractivity contribution in [3.05, 3.63) is 46.2 Å². The summed E-state index contributed by atoms with van der Waals surface area (Å²) in [7, 11) is -1.74. The van der Waals surface area contributed by atoms with Crippen LogP contribution >= 0.6 is 15.9 Å². The quantitative estimate of drug-likeness (QED) is 0.922. The molecule has 19 heavy (non-hydrogen) atoms. The van der Waals surface area contributed by atoms with Gasteiger partial charge in [-0.2, -0.15) is 5.10 Å². The van der Waals surface area contributed by atoms with Gasteiger partial charge in [-0.25, -0.2) is 13.1 Å². The van der Waals surface area contributed by atoms with Gasteiger partial charge >= 0.3 is 0 Å². The highest BCUT2D eigenvalue weighted by Crippen LogP contribution is 2.23. The number of aryl methyl sites for hydroxylation is 2. The zero-order chi connectivity index (χ0) is 14.0. The molecule has 0 saturated heterocycles. The second kappa shape index (κ2) is 5.44. The van der Waals surface area contributed by atoms with Crippen molar-refractivity contribution < 1.29 is 8.42 Å². The highest BCUT2D eigenvalue weighted by Gasteiger charge is 2.17. The summed E-state index contributed by atoms with van der Waals surface area (Å²) in [6, 6.07) is 5.13. The summed E-state index contributed by atoms with van der Waals surface area (Å²) in [5, 5.41) is 3.99. The summed E-state index contributed by atoms with van der Waals surface area (Å²) in [5.41, 5.74) is 1.81. The minimum atomic E-state index is -3.53. The summed E-state index contributed by atoms with van der Waals surface area (Å²) in [6.07, 6.45) is 3.40. The van der Waals surface area contributed by atoms with Crippen LogP contribution in [0.1, 0.15) is 11.1 Å². The molecule has 0 aliphatic heterocycles. The largest absolute Gasteiger partial charge is 0.275 e. The molecule has 0 aliphatic rings. The van der Waals surface area contributed by atoms with E-state index in [4.69, 9.17) is 0 Å². The number of hydrogen-bond acceptors (Lipinski definition) is 3. The average molecular weight is 344 g/mol. The zero-order valence-electron chi connectivity index (χ0n) is 10.6. The molecule has 2 aromatic rings. The van der Waals surface area contributed by atoms with Gasteiger partial charge in [0, 0.05) is 29.8 Å². The number of halogens is 1. The van der Waals surface area contributed by atoms with Gasteiger partial charge in [0.1, 0.15) is 0 Å². The Kier molecular flexibility index (Phi) is 4.07. The molecular formula is C12H14BrN3O2S. The first-order valence-corrected chi connectivity index (χ1v) is 7.89. The summed E-state index contributed by atoms with van der Waals surface area (Å²) in [5.74, 6) is 0. The van der Waals surface area contributed by atoms with Crippen LogP contribution in [0.25, 0.3) is 0 Å². The number of benzene rings is 1. The van der Waals surface area contributed by atoms with Crippen LogP contribution in [0.15, 0.2) is 40.0 Å². The molecule has 0 amide bonds. The molecule has 2 rings (SSSR count). The van der Waals surface area contributed by atoms with Gasteiger partial charge in [0.25, 0.3) is 0 Å². The molecular weight excluding hydrogens is 330 g/mol. The lowest BCUT2D eigenvalue weighted by atomic mass is 10.2. The minimum absolute atomic E-state index is 0.219. The molecule has 0 spiro atoms. The van der Waals surface area contributed by atoms with Crippen molar-refractivity contribution in [2.45, 2.75) is 18.4 Å². The van der Waals surface area contributed by atoms with E-state index in [1.165, 1.54) is 0 Å². The Labute approximate surface area is 120 Å². The number of nitrogens with zero attached hydrogens (tertiary/aromatic N) is 2. The first-order chi connectivity index (χ1) is 8.88. The average Bonchev–Trinajstić information content (AvgIpc) is 2.72. The number of aromatic nitrogens is 2. The van der Waals surface area contributed by atoms with Gasteiger partial charge in [0.15, 0.2) is 0 Å². The molecule has 1 N–H and O–H groups in total. The Balaban J connectivity index is 2.18. The third-order valence-electron chi connectivity index (χ3n) is 2.60. The van der Waals surface area contributed by atoms with Crippen LogP contribution in [0, 0.1) is 6.92 Å². The van der Waals surface area contributed by atoms with Crippen LogP contribution in [0.4, 0.5) is 0 Å². The number of sulfonamides is 1. The van der Waals surface area contributed by atoms with Gasteiger partial charge in [0.2, 0.25) is 10.0 Å². The lowest BCUT2D eigenvalue weighted by molar-refractivity contribution is 0.581. The van der Waals surface area contributed by atoms with Crippen molar-refractivity contribution in [1.29, 1.82) is 0 Å². The maximum atomic E-state index is 12.2. The van der Waals surface area contributed by atoms with E-state index in [0.29, 0.717) is 4.47 Å². The predicted molar refractivity (Wildman–Crippen MR) is 76.1 cm³/mol. The molecule has 1 aromatic carbocycles. The lowest BCUT2D eigenvalue weighted by Gasteiger charge is -2.08. The van der Waals surface area contributed by atoms with Gasteiger partial charge in [-0.05, 0) is 40.5 Å². The van der Waals surface area contributed by atoms with E-state index in [2.05, 4.69) is 25.8 Å². The molecule has 102 valence electrons. The summed E-state index contributed by atoms with van der Waals surface area (Å²) in [4.78, 5) is 0.238. The lowest BCUT2D eigenvalue weighted by Crippen LogP contribution is -2.23. The van der Waals surface area contributed by atoms with E-state index < -0.39 is 10.0 Å². The monoisotopic (exact) mass is 343 g/mol. The van der Waals surface area contributed by atoms with E-state index in [-0.39, 0.29) is 11.4 Å². The summed E-state index contributed by atoms with van der Waals surface area (Å²) in [6.45, 7) is 2.13. The summed E-state index contributed by atoms with van der Waals surface area (Å²) >= 11 is 3.28. The van der Waals surface area contributed by atoms with Crippen LogP contribution in [0.5, 0.6) is 0 Å². The molecule has 7 heteroatoms. The van der Waals surface area contributed by atoms with Crippen LogP contribution in [0.2, 0.25) is 0 Å². The van der Waals surface area contributed by atoms with E-state index in [1.807, 2.05) is 6.92 Å². The van der Waals surface area contributed by atoms with Crippen molar-refractivity contribution in [1.82, 2.24) is 14.5 Å². The molecule has 5 nitrogen and oxygen atoms in total. The fourth-order valence-corrected chi connectivity index (χ4v) is 3.85. The maximum Gasteiger partial charge on any atom is 0.241 e. The van der Waals surface area contributed by atoms with Crippen LogP contribution in [-0.4, -0.2) is 18.2 Å². The smallest absolute Gasteiger partial charge is 0.241 e. The second-order valence-corrected chi connectivity index (χ2v) is 6.87. The van der Waals surface area contributed by atoms with Crippen molar-refractivity contribution >= 4 is 26.0 Å². The molecule has 0 atom stereocenters. The third-order valence-corrected chi connectivity index (χ3v) is 4.98. The molecule has 0 saturated carbocycles. The van der Waals surface area contributed by atoms with Gasteiger partial charge in [0.05, 0.1) is 11.1 Å². The van der Waals surface area contributed by atoms with Crippen molar-refractivity contribution in [2.24, 2.45) is 7.05 Å². The first-order valence-electron chi connectivity index (χ1n) is 5.62. The molecule has 0 aliphatic carbocycles. The van der Waals surface area contributed by atoms with Gasteiger partial charge in [-0.3, -0.25) is 4.68 Å². The van der Waals surface area contributed by atoms with Crippen LogP contribution in [0.3, 0.4) is 0 Å². The molecule has 0 bridgehead atoms. The molecule has 0 fully saturated rings. The number of rotatable bonds is 4. The fourth-order valence-electron chi connectivity index (χ4n) is 1.64. The number of hydrogen-bond donors (Lipinski definition) is 1. The van der Waals surface area contributed by atoms with Gasteiger partial charge in [-0.1, -0.05) is 6.07 Å². The SMILES string of the molecule is Cc1ccc(S(=O)(=O)NCc2cnn(C)c2)c(Br)c1. The normalized spacial score (nSPS) is 11.7. The molecule has 0 radical (unpaired) electrons. The predicted octanol–water partition coefficient (Wildman–Crippen LogP) is 1.97. The summed E-state index contributed by atoms with van der Waals surface area (Å²) < 4.78 is 29.1. The van der Waals surface area contributed by atoms with Crippen LogP contribution < -0.4 is 4.72 Å². The molecule has 1 aromatic heterocycles. The van der Waals surface area contributed by atoms with E-state index >= 15 is 0 Å². The minimum Gasteiger partial charge on any atom is -0.275 e. The van der Waals surface area contributed by atoms with Gasteiger partial charge < -0.3 is 0 Å².